The highest BCUT2D eigenvalue weighted by Gasteiger charge is 2.70. The SMILES string of the molecule is CC1(C)CC[C@]2(C(=O)O)CCC3(C)C(=CCC4[C@@]5(C)CC(O)[C@H](OC(=O)/C=C\c6ccc(O)cc6)C(C)(C)C5CC[C@]43C)C2C1. The second kappa shape index (κ2) is 10.5. The number of aromatic hydroxyl groups is 1. The maximum Gasteiger partial charge on any atom is 0.331 e. The predicted octanol–water partition coefficient (Wildman–Crippen LogP) is 8.17. The summed E-state index contributed by atoms with van der Waals surface area (Å²) in [6, 6.07) is 6.62. The number of esters is 1. The third-order valence-corrected chi connectivity index (χ3v) is 14.5. The molecule has 1 aromatic rings. The van der Waals surface area contributed by atoms with E-state index in [1.807, 2.05) is 0 Å². The maximum atomic E-state index is 13.0. The van der Waals surface area contributed by atoms with Crippen LogP contribution in [0, 0.1) is 50.2 Å². The van der Waals surface area contributed by atoms with Crippen molar-refractivity contribution in [2.45, 2.75) is 118 Å². The molecule has 6 nitrogen and oxygen atoms in total. The molecule has 0 aliphatic heterocycles. The highest BCUT2D eigenvalue weighted by Crippen LogP contribution is 2.75. The molecule has 0 spiro atoms. The molecule has 5 unspecified atom stereocenters. The number of carboxylic acids is 1. The lowest BCUT2D eigenvalue weighted by Crippen LogP contribution is -2.67. The van der Waals surface area contributed by atoms with Crippen molar-refractivity contribution < 1.29 is 29.6 Å². The summed E-state index contributed by atoms with van der Waals surface area (Å²) in [5.41, 5.74) is 0.991. The van der Waals surface area contributed by atoms with Gasteiger partial charge in [0.05, 0.1) is 11.5 Å². The van der Waals surface area contributed by atoms with E-state index in [9.17, 15) is 24.9 Å². The number of hydrogen-bond acceptors (Lipinski definition) is 5. The lowest BCUT2D eigenvalue weighted by Gasteiger charge is -2.71. The summed E-state index contributed by atoms with van der Waals surface area (Å²) in [6.45, 7) is 16.3. The van der Waals surface area contributed by atoms with Crippen LogP contribution in [0.2, 0.25) is 0 Å². The molecular weight excluding hydrogens is 564 g/mol. The third-order valence-electron chi connectivity index (χ3n) is 14.5. The standard InChI is InChI=1S/C39H54O6/c1-34(2)18-20-39(33(43)44)21-19-37(6)26(27(39)22-34)13-14-30-36(5)23-28(41)32(35(3,4)29(36)16-17-38(30,37)7)45-31(42)15-10-24-8-11-25(40)12-9-24/h8-13,15,27-30,32,40-41H,14,16-23H2,1-7H3,(H,43,44)/b15-10-/t27?,28?,29?,30?,32-,36-,37?,38+,39-/m0/s1. The number of allylic oxidation sites excluding steroid dienone is 2. The van der Waals surface area contributed by atoms with E-state index in [1.54, 1.807) is 30.3 Å². The molecule has 5 aliphatic carbocycles. The molecular formula is C39H54O6. The first-order valence-electron chi connectivity index (χ1n) is 17.2. The maximum absolute atomic E-state index is 13.0. The molecule has 45 heavy (non-hydrogen) atoms. The van der Waals surface area contributed by atoms with Gasteiger partial charge in [-0.3, -0.25) is 4.79 Å². The Labute approximate surface area is 269 Å². The van der Waals surface area contributed by atoms with Gasteiger partial charge in [0.15, 0.2) is 0 Å². The van der Waals surface area contributed by atoms with Crippen LogP contribution in [0.15, 0.2) is 42.0 Å². The van der Waals surface area contributed by atoms with Gasteiger partial charge in [-0.25, -0.2) is 4.79 Å². The van der Waals surface area contributed by atoms with Gasteiger partial charge in [0.1, 0.15) is 11.9 Å². The monoisotopic (exact) mass is 618 g/mol. The molecule has 0 heterocycles. The van der Waals surface area contributed by atoms with Crippen LogP contribution in [0.25, 0.3) is 6.08 Å². The van der Waals surface area contributed by atoms with E-state index in [2.05, 4.69) is 54.5 Å². The van der Waals surface area contributed by atoms with Gasteiger partial charge in [-0.15, -0.1) is 0 Å². The average molecular weight is 619 g/mol. The number of phenolic OH excluding ortho intramolecular Hbond substituents is 1. The zero-order valence-electron chi connectivity index (χ0n) is 28.4. The Balaban J connectivity index is 1.29. The average Bonchev–Trinajstić information content (AvgIpc) is 2.94. The van der Waals surface area contributed by atoms with Gasteiger partial charge >= 0.3 is 11.9 Å². The van der Waals surface area contributed by atoms with E-state index in [0.717, 1.165) is 56.9 Å². The quantitative estimate of drug-likeness (QED) is 0.179. The van der Waals surface area contributed by atoms with Gasteiger partial charge in [-0.1, -0.05) is 72.2 Å². The molecule has 0 saturated heterocycles. The van der Waals surface area contributed by atoms with E-state index >= 15 is 0 Å². The number of fused-ring (bicyclic) bond motifs is 7. The Morgan fingerprint density at radius 3 is 2.22 bits per heavy atom. The van der Waals surface area contributed by atoms with Crippen molar-refractivity contribution in [3.63, 3.8) is 0 Å². The molecule has 0 aromatic heterocycles. The summed E-state index contributed by atoms with van der Waals surface area (Å²) < 4.78 is 6.04. The number of carboxylic acid groups (broad SMARTS) is 1. The van der Waals surface area contributed by atoms with Gasteiger partial charge in [-0.05, 0) is 121 Å². The van der Waals surface area contributed by atoms with Crippen LogP contribution in [-0.4, -0.2) is 39.5 Å². The van der Waals surface area contributed by atoms with Crippen LogP contribution in [0.1, 0.15) is 112 Å². The van der Waals surface area contributed by atoms with Crippen LogP contribution >= 0.6 is 0 Å². The number of aliphatic hydroxyl groups excluding tert-OH is 1. The predicted molar refractivity (Wildman–Crippen MR) is 175 cm³/mol. The van der Waals surface area contributed by atoms with Gasteiger partial charge < -0.3 is 20.1 Å². The van der Waals surface area contributed by atoms with Crippen molar-refractivity contribution in [1.82, 2.24) is 0 Å². The van der Waals surface area contributed by atoms with E-state index in [-0.39, 0.29) is 39.2 Å². The summed E-state index contributed by atoms with van der Waals surface area (Å²) in [5, 5.41) is 31.9. The normalized spacial score (nSPS) is 43.2. The first-order valence-corrected chi connectivity index (χ1v) is 17.2. The van der Waals surface area contributed by atoms with Crippen LogP contribution in [0.4, 0.5) is 0 Å². The molecule has 246 valence electrons. The lowest BCUT2D eigenvalue weighted by molar-refractivity contribution is -0.238. The fourth-order valence-corrected chi connectivity index (χ4v) is 11.9. The summed E-state index contributed by atoms with van der Waals surface area (Å²) in [4.78, 5) is 26.0. The third kappa shape index (κ3) is 4.74. The molecule has 0 bridgehead atoms. The fraction of sp³-hybridized carbons (Fsp3) is 0.692. The van der Waals surface area contributed by atoms with Crippen LogP contribution in [-0.2, 0) is 14.3 Å². The number of rotatable bonds is 4. The Bertz CT molecular complexity index is 1420. The van der Waals surface area contributed by atoms with Gasteiger partial charge in [0, 0.05) is 11.5 Å². The van der Waals surface area contributed by atoms with Crippen LogP contribution in [0.5, 0.6) is 5.75 Å². The molecule has 3 N–H and O–H groups in total. The second-order valence-electron chi connectivity index (χ2n) is 17.6. The number of ether oxygens (including phenoxy) is 1. The van der Waals surface area contributed by atoms with Crippen molar-refractivity contribution in [2.24, 2.45) is 50.2 Å². The number of aliphatic hydroxyl groups is 1. The summed E-state index contributed by atoms with van der Waals surface area (Å²) in [5.74, 6) is -0.230. The summed E-state index contributed by atoms with van der Waals surface area (Å²) >= 11 is 0. The smallest absolute Gasteiger partial charge is 0.331 e. The van der Waals surface area contributed by atoms with Crippen LogP contribution < -0.4 is 0 Å². The first-order chi connectivity index (χ1) is 20.9. The molecule has 0 amide bonds. The summed E-state index contributed by atoms with van der Waals surface area (Å²) in [7, 11) is 0. The first kappa shape index (κ1) is 32.3. The Morgan fingerprint density at radius 2 is 1.56 bits per heavy atom. The fourth-order valence-electron chi connectivity index (χ4n) is 11.9. The number of hydrogen-bond donors (Lipinski definition) is 3. The van der Waals surface area contributed by atoms with Crippen molar-refractivity contribution in [1.29, 1.82) is 0 Å². The lowest BCUT2D eigenvalue weighted by atomic mass is 9.33. The number of benzene rings is 1. The Hall–Kier alpha value is -2.60. The van der Waals surface area contributed by atoms with Crippen molar-refractivity contribution in [3.8, 4) is 5.75 Å². The molecule has 9 atom stereocenters. The number of phenols is 1. The largest absolute Gasteiger partial charge is 0.508 e. The number of carbonyl (C=O) groups is 2. The zero-order valence-corrected chi connectivity index (χ0v) is 28.4. The van der Waals surface area contributed by atoms with Crippen LogP contribution in [0.3, 0.4) is 0 Å². The number of aliphatic carboxylic acids is 1. The molecule has 4 fully saturated rings. The molecule has 6 rings (SSSR count). The minimum atomic E-state index is -0.780. The second-order valence-corrected chi connectivity index (χ2v) is 17.6. The van der Waals surface area contributed by atoms with Gasteiger partial charge in [0.25, 0.3) is 0 Å². The molecule has 4 saturated carbocycles. The van der Waals surface area contributed by atoms with E-state index in [1.165, 1.54) is 11.6 Å². The topological polar surface area (TPSA) is 104 Å². The van der Waals surface area contributed by atoms with Crippen molar-refractivity contribution in [3.05, 3.63) is 47.6 Å². The molecule has 5 aliphatic rings. The molecule has 0 radical (unpaired) electrons. The van der Waals surface area contributed by atoms with Gasteiger partial charge in [0.2, 0.25) is 0 Å². The Morgan fingerprint density at radius 1 is 0.889 bits per heavy atom. The zero-order chi connectivity index (χ0) is 32.8. The minimum absolute atomic E-state index is 0.0131. The van der Waals surface area contributed by atoms with E-state index in [0.29, 0.717) is 12.3 Å². The van der Waals surface area contributed by atoms with Crippen molar-refractivity contribution >= 4 is 18.0 Å². The minimum Gasteiger partial charge on any atom is -0.508 e. The van der Waals surface area contributed by atoms with E-state index in [4.69, 9.17) is 4.74 Å². The Kier molecular flexibility index (Phi) is 7.51. The van der Waals surface area contributed by atoms with Crippen molar-refractivity contribution in [2.75, 3.05) is 0 Å². The highest BCUT2D eigenvalue weighted by atomic mass is 16.6. The van der Waals surface area contributed by atoms with Gasteiger partial charge in [-0.2, -0.15) is 0 Å². The summed E-state index contributed by atoms with van der Waals surface area (Å²) in [6.07, 6.45) is 12.0. The highest BCUT2D eigenvalue weighted by molar-refractivity contribution is 5.87. The van der Waals surface area contributed by atoms with E-state index < -0.39 is 35.0 Å². The molecule has 6 heteroatoms. The molecule has 1 aromatic carbocycles. The number of carbonyl (C=O) groups excluding carboxylic acids is 1.